The molecular weight excluding hydrogens is 390 g/mol. The van der Waals surface area contributed by atoms with Crippen molar-refractivity contribution in [1.82, 2.24) is 9.80 Å². The van der Waals surface area contributed by atoms with Crippen molar-refractivity contribution in [2.24, 2.45) is 0 Å². The van der Waals surface area contributed by atoms with Crippen molar-refractivity contribution in [2.45, 2.75) is 38.8 Å². The van der Waals surface area contributed by atoms with Crippen molar-refractivity contribution in [2.75, 3.05) is 32.8 Å². The smallest absolute Gasteiger partial charge is 0.260 e. The molecule has 6 nitrogen and oxygen atoms in total. The van der Waals surface area contributed by atoms with Crippen LogP contribution in [0.25, 0.3) is 0 Å². The number of amides is 1. The van der Waals surface area contributed by atoms with Gasteiger partial charge in [-0.05, 0) is 44.0 Å². The third-order valence-corrected chi connectivity index (χ3v) is 5.84. The SMILES string of the molecule is CC1(C)Cc2cccc(OCC(=O)N3CCCN(Cc4ccc(C#N)cc4)CC3)c2O1. The molecule has 0 aliphatic carbocycles. The summed E-state index contributed by atoms with van der Waals surface area (Å²) in [5.74, 6) is 1.42. The van der Waals surface area contributed by atoms with Crippen LogP contribution in [0.5, 0.6) is 11.5 Å². The van der Waals surface area contributed by atoms with Gasteiger partial charge in [-0.3, -0.25) is 9.69 Å². The van der Waals surface area contributed by atoms with E-state index in [9.17, 15) is 4.79 Å². The van der Waals surface area contributed by atoms with E-state index in [1.54, 1.807) is 0 Å². The van der Waals surface area contributed by atoms with E-state index in [-0.39, 0.29) is 18.1 Å². The quantitative estimate of drug-likeness (QED) is 0.743. The Hall–Kier alpha value is -3.04. The van der Waals surface area contributed by atoms with Crippen molar-refractivity contribution in [3.63, 3.8) is 0 Å². The molecule has 0 unspecified atom stereocenters. The highest BCUT2D eigenvalue weighted by Crippen LogP contribution is 2.41. The molecule has 0 bridgehead atoms. The summed E-state index contributed by atoms with van der Waals surface area (Å²) in [6.07, 6.45) is 1.77. The minimum absolute atomic E-state index is 0.00934. The van der Waals surface area contributed by atoms with Gasteiger partial charge in [0.05, 0.1) is 11.6 Å². The van der Waals surface area contributed by atoms with E-state index in [1.807, 2.05) is 41.3 Å². The second kappa shape index (κ2) is 8.99. The van der Waals surface area contributed by atoms with Crippen LogP contribution in [0.4, 0.5) is 0 Å². The predicted octanol–water partition coefficient (Wildman–Crippen LogP) is 3.39. The van der Waals surface area contributed by atoms with E-state index in [0.29, 0.717) is 17.9 Å². The van der Waals surface area contributed by atoms with Gasteiger partial charge >= 0.3 is 0 Å². The average Bonchev–Trinajstić information content (AvgIpc) is 2.92. The molecule has 2 heterocycles. The Morgan fingerprint density at radius 2 is 1.94 bits per heavy atom. The fourth-order valence-corrected chi connectivity index (χ4v) is 4.25. The summed E-state index contributed by atoms with van der Waals surface area (Å²) in [5.41, 5.74) is 2.75. The van der Waals surface area contributed by atoms with E-state index in [1.165, 1.54) is 5.56 Å². The van der Waals surface area contributed by atoms with E-state index in [4.69, 9.17) is 14.7 Å². The number of ether oxygens (including phenoxy) is 2. The largest absolute Gasteiger partial charge is 0.483 e. The monoisotopic (exact) mass is 419 g/mol. The maximum atomic E-state index is 12.8. The highest BCUT2D eigenvalue weighted by molar-refractivity contribution is 5.78. The van der Waals surface area contributed by atoms with Crippen LogP contribution in [0.2, 0.25) is 0 Å². The number of hydrogen-bond acceptors (Lipinski definition) is 5. The molecular formula is C25H29N3O3. The molecule has 0 saturated carbocycles. The zero-order valence-corrected chi connectivity index (χ0v) is 18.3. The van der Waals surface area contributed by atoms with Crippen molar-refractivity contribution in [3.05, 3.63) is 59.2 Å². The zero-order valence-electron chi connectivity index (χ0n) is 18.3. The summed E-state index contributed by atoms with van der Waals surface area (Å²) in [7, 11) is 0. The number of benzene rings is 2. The number of para-hydroxylation sites is 1. The van der Waals surface area contributed by atoms with Crippen LogP contribution in [0.15, 0.2) is 42.5 Å². The number of carbonyl (C=O) groups excluding carboxylic acids is 1. The van der Waals surface area contributed by atoms with Crippen molar-refractivity contribution < 1.29 is 14.3 Å². The molecule has 0 atom stereocenters. The molecule has 162 valence electrons. The molecule has 2 aliphatic rings. The summed E-state index contributed by atoms with van der Waals surface area (Å²) in [6.45, 7) is 8.16. The lowest BCUT2D eigenvalue weighted by atomic mass is 10.0. The van der Waals surface area contributed by atoms with Gasteiger partial charge in [-0.2, -0.15) is 5.26 Å². The first-order chi connectivity index (χ1) is 14.9. The molecule has 0 radical (unpaired) electrons. The van der Waals surface area contributed by atoms with E-state index in [2.05, 4.69) is 30.9 Å². The fourth-order valence-electron chi connectivity index (χ4n) is 4.25. The van der Waals surface area contributed by atoms with Gasteiger partial charge in [-0.1, -0.05) is 24.3 Å². The Kier molecular flexibility index (Phi) is 6.15. The molecule has 6 heteroatoms. The number of rotatable bonds is 5. The van der Waals surface area contributed by atoms with Crippen LogP contribution >= 0.6 is 0 Å². The van der Waals surface area contributed by atoms with Crippen molar-refractivity contribution in [3.8, 4) is 17.6 Å². The molecule has 1 fully saturated rings. The summed E-state index contributed by atoms with van der Waals surface area (Å²) < 4.78 is 11.9. The topological polar surface area (TPSA) is 65.8 Å². The van der Waals surface area contributed by atoms with Gasteiger partial charge in [0, 0.05) is 44.7 Å². The highest BCUT2D eigenvalue weighted by atomic mass is 16.5. The summed E-state index contributed by atoms with van der Waals surface area (Å²) in [4.78, 5) is 17.1. The number of fused-ring (bicyclic) bond motifs is 1. The maximum Gasteiger partial charge on any atom is 0.260 e. The van der Waals surface area contributed by atoms with Crippen LogP contribution < -0.4 is 9.47 Å². The molecule has 0 N–H and O–H groups in total. The lowest BCUT2D eigenvalue weighted by Gasteiger charge is -2.22. The van der Waals surface area contributed by atoms with E-state index >= 15 is 0 Å². The first-order valence-electron chi connectivity index (χ1n) is 10.9. The van der Waals surface area contributed by atoms with Gasteiger partial charge in [0.1, 0.15) is 5.60 Å². The zero-order chi connectivity index (χ0) is 21.8. The predicted molar refractivity (Wildman–Crippen MR) is 118 cm³/mol. The van der Waals surface area contributed by atoms with Crippen LogP contribution in [0.3, 0.4) is 0 Å². The maximum absolute atomic E-state index is 12.8. The number of hydrogen-bond donors (Lipinski definition) is 0. The van der Waals surface area contributed by atoms with Gasteiger partial charge in [0.2, 0.25) is 0 Å². The Morgan fingerprint density at radius 1 is 1.13 bits per heavy atom. The van der Waals surface area contributed by atoms with Crippen LogP contribution in [0, 0.1) is 11.3 Å². The standard InChI is InChI=1S/C25H29N3O3/c1-25(2)15-21-5-3-6-22(24(21)31-25)30-18-23(29)28-12-4-11-27(13-14-28)17-20-9-7-19(16-26)8-10-20/h3,5-10H,4,11-15,17-18H2,1-2H3. The molecule has 2 aromatic carbocycles. The molecule has 0 spiro atoms. The third kappa shape index (κ3) is 5.18. The lowest BCUT2D eigenvalue weighted by molar-refractivity contribution is -0.133. The third-order valence-electron chi connectivity index (χ3n) is 5.84. The molecule has 1 saturated heterocycles. The van der Waals surface area contributed by atoms with Crippen molar-refractivity contribution >= 4 is 5.91 Å². The number of nitrogens with zero attached hydrogens (tertiary/aromatic N) is 3. The van der Waals surface area contributed by atoms with Crippen LogP contribution in [-0.2, 0) is 17.8 Å². The number of nitriles is 1. The molecule has 4 rings (SSSR count). The van der Waals surface area contributed by atoms with Gasteiger partial charge < -0.3 is 14.4 Å². The van der Waals surface area contributed by atoms with E-state index in [0.717, 1.165) is 50.3 Å². The van der Waals surface area contributed by atoms with Gasteiger partial charge in [0.25, 0.3) is 5.91 Å². The first kappa shape index (κ1) is 21.2. The molecule has 1 amide bonds. The van der Waals surface area contributed by atoms with Crippen LogP contribution in [-0.4, -0.2) is 54.1 Å². The summed E-state index contributed by atoms with van der Waals surface area (Å²) >= 11 is 0. The Labute approximate surface area is 184 Å². The molecule has 2 aromatic rings. The van der Waals surface area contributed by atoms with Gasteiger partial charge in [-0.15, -0.1) is 0 Å². The Balaban J connectivity index is 1.29. The van der Waals surface area contributed by atoms with Gasteiger partial charge in [-0.25, -0.2) is 0 Å². The normalized spacial score (nSPS) is 17.9. The van der Waals surface area contributed by atoms with Gasteiger partial charge in [0.15, 0.2) is 18.1 Å². The van der Waals surface area contributed by atoms with E-state index < -0.39 is 0 Å². The summed E-state index contributed by atoms with van der Waals surface area (Å²) in [6, 6.07) is 15.7. The van der Waals surface area contributed by atoms with Crippen molar-refractivity contribution in [1.29, 1.82) is 5.26 Å². The number of carbonyl (C=O) groups is 1. The minimum Gasteiger partial charge on any atom is -0.483 e. The molecule has 31 heavy (non-hydrogen) atoms. The lowest BCUT2D eigenvalue weighted by Crippen LogP contribution is -2.38. The molecule has 0 aromatic heterocycles. The minimum atomic E-state index is -0.241. The average molecular weight is 420 g/mol. The Bertz CT molecular complexity index is 978. The fraction of sp³-hybridized carbons (Fsp3) is 0.440. The first-order valence-corrected chi connectivity index (χ1v) is 10.9. The van der Waals surface area contributed by atoms with Crippen LogP contribution in [0.1, 0.15) is 37.0 Å². The summed E-state index contributed by atoms with van der Waals surface area (Å²) in [5, 5.41) is 8.94. The second-order valence-corrected chi connectivity index (χ2v) is 8.89. The second-order valence-electron chi connectivity index (χ2n) is 8.89. The molecule has 2 aliphatic heterocycles. The Morgan fingerprint density at radius 3 is 2.71 bits per heavy atom. The highest BCUT2D eigenvalue weighted by Gasteiger charge is 2.32.